The largest absolute Gasteiger partial charge is 0.310 e. The molecule has 1 aliphatic rings. The van der Waals surface area contributed by atoms with Gasteiger partial charge in [-0.3, -0.25) is 0 Å². The molecule has 0 saturated heterocycles. The number of rotatable bonds is 3. The zero-order valence-corrected chi connectivity index (χ0v) is 10.7. The van der Waals surface area contributed by atoms with Crippen molar-refractivity contribution >= 4 is 11.6 Å². The number of nitrogens with one attached hydrogen (secondary N) is 1. The van der Waals surface area contributed by atoms with Crippen LogP contribution >= 0.6 is 11.6 Å². The first-order chi connectivity index (χ1) is 7.75. The Morgan fingerprint density at radius 3 is 2.69 bits per heavy atom. The monoisotopic (exact) mass is 237 g/mol. The molecule has 0 aromatic heterocycles. The predicted octanol–water partition coefficient (Wildman–Crippen LogP) is 4.07. The molecule has 0 bridgehead atoms. The normalized spacial score (nSPS) is 17.6. The molecule has 16 heavy (non-hydrogen) atoms. The van der Waals surface area contributed by atoms with Crippen LogP contribution in [0, 0.1) is 6.92 Å². The zero-order valence-electron chi connectivity index (χ0n) is 9.93. The summed E-state index contributed by atoms with van der Waals surface area (Å²) in [5.74, 6) is 0. The second-order valence-corrected chi connectivity index (χ2v) is 5.21. The number of benzene rings is 1. The lowest BCUT2D eigenvalue weighted by Crippen LogP contribution is -2.30. The standard InChI is InChI=1S/C14H20ClN/c1-11-7-8-12(9-14(11)15)10-16-13-5-3-2-4-6-13/h7-9,13,16H,2-6,10H2,1H3. The smallest absolute Gasteiger partial charge is 0.0438 e. The molecule has 0 heterocycles. The summed E-state index contributed by atoms with van der Waals surface area (Å²) in [4.78, 5) is 0. The molecular formula is C14H20ClN. The minimum atomic E-state index is 0.717. The van der Waals surface area contributed by atoms with E-state index in [9.17, 15) is 0 Å². The molecule has 1 aliphatic carbocycles. The summed E-state index contributed by atoms with van der Waals surface area (Å²) in [6, 6.07) is 7.05. The molecule has 0 amide bonds. The van der Waals surface area contributed by atoms with Crippen molar-refractivity contribution < 1.29 is 0 Å². The van der Waals surface area contributed by atoms with Gasteiger partial charge in [0.1, 0.15) is 0 Å². The first-order valence-corrected chi connectivity index (χ1v) is 6.62. The Morgan fingerprint density at radius 2 is 2.00 bits per heavy atom. The van der Waals surface area contributed by atoms with Gasteiger partial charge in [-0.05, 0) is 37.0 Å². The van der Waals surface area contributed by atoms with E-state index in [1.165, 1.54) is 37.7 Å². The molecule has 0 atom stereocenters. The Labute approximate surface area is 103 Å². The Hall–Kier alpha value is -0.530. The van der Waals surface area contributed by atoms with Crippen LogP contribution in [0.15, 0.2) is 18.2 Å². The molecule has 0 spiro atoms. The highest BCUT2D eigenvalue weighted by Crippen LogP contribution is 2.19. The van der Waals surface area contributed by atoms with Gasteiger partial charge in [0.25, 0.3) is 0 Å². The quantitative estimate of drug-likeness (QED) is 0.836. The van der Waals surface area contributed by atoms with E-state index in [2.05, 4.69) is 23.5 Å². The molecule has 1 nitrogen and oxygen atoms in total. The van der Waals surface area contributed by atoms with Gasteiger partial charge in [0.05, 0.1) is 0 Å². The van der Waals surface area contributed by atoms with Crippen LogP contribution in [0.3, 0.4) is 0 Å². The van der Waals surface area contributed by atoms with Crippen LogP contribution < -0.4 is 5.32 Å². The molecule has 2 heteroatoms. The second kappa shape index (κ2) is 5.70. The van der Waals surface area contributed by atoms with E-state index in [4.69, 9.17) is 11.6 Å². The highest BCUT2D eigenvalue weighted by molar-refractivity contribution is 6.31. The van der Waals surface area contributed by atoms with Gasteiger partial charge < -0.3 is 5.32 Å². The Balaban J connectivity index is 1.86. The fourth-order valence-corrected chi connectivity index (χ4v) is 2.52. The van der Waals surface area contributed by atoms with Crippen molar-refractivity contribution in [2.24, 2.45) is 0 Å². The molecule has 1 aromatic carbocycles. The van der Waals surface area contributed by atoms with Crippen molar-refractivity contribution in [3.05, 3.63) is 34.3 Å². The average Bonchev–Trinajstić information content (AvgIpc) is 2.32. The van der Waals surface area contributed by atoms with Crippen LogP contribution in [-0.2, 0) is 6.54 Å². The molecule has 1 aromatic rings. The highest BCUT2D eigenvalue weighted by atomic mass is 35.5. The van der Waals surface area contributed by atoms with Crippen LogP contribution in [-0.4, -0.2) is 6.04 Å². The maximum absolute atomic E-state index is 6.11. The Morgan fingerprint density at radius 1 is 1.25 bits per heavy atom. The van der Waals surface area contributed by atoms with Gasteiger partial charge in [-0.25, -0.2) is 0 Å². The van der Waals surface area contributed by atoms with E-state index < -0.39 is 0 Å². The van der Waals surface area contributed by atoms with Gasteiger partial charge >= 0.3 is 0 Å². The SMILES string of the molecule is Cc1ccc(CNC2CCCCC2)cc1Cl. The van der Waals surface area contributed by atoms with E-state index in [1.54, 1.807) is 0 Å². The van der Waals surface area contributed by atoms with Crippen LogP contribution in [0.1, 0.15) is 43.2 Å². The molecular weight excluding hydrogens is 218 g/mol. The second-order valence-electron chi connectivity index (χ2n) is 4.80. The minimum absolute atomic E-state index is 0.717. The first kappa shape index (κ1) is 11.9. The summed E-state index contributed by atoms with van der Waals surface area (Å²) in [6.07, 6.45) is 6.84. The molecule has 2 rings (SSSR count). The molecule has 88 valence electrons. The molecule has 1 fully saturated rings. The van der Waals surface area contributed by atoms with Gasteiger partial charge in [0.2, 0.25) is 0 Å². The summed E-state index contributed by atoms with van der Waals surface area (Å²) >= 11 is 6.11. The molecule has 0 radical (unpaired) electrons. The Bertz CT molecular complexity index is 343. The maximum atomic E-state index is 6.11. The highest BCUT2D eigenvalue weighted by Gasteiger charge is 2.12. The van der Waals surface area contributed by atoms with Crippen molar-refractivity contribution in [1.29, 1.82) is 0 Å². The summed E-state index contributed by atoms with van der Waals surface area (Å²) in [6.45, 7) is 2.99. The van der Waals surface area contributed by atoms with Crippen LogP contribution in [0.2, 0.25) is 5.02 Å². The lowest BCUT2D eigenvalue weighted by Gasteiger charge is -2.22. The van der Waals surface area contributed by atoms with Gasteiger partial charge in [-0.15, -0.1) is 0 Å². The van der Waals surface area contributed by atoms with Crippen molar-refractivity contribution in [3.8, 4) is 0 Å². The molecule has 1 N–H and O–H groups in total. The average molecular weight is 238 g/mol. The van der Waals surface area contributed by atoms with Crippen molar-refractivity contribution in [1.82, 2.24) is 5.32 Å². The Kier molecular flexibility index (Phi) is 4.25. The number of hydrogen-bond donors (Lipinski definition) is 1. The number of aryl methyl sites for hydroxylation is 1. The fraction of sp³-hybridized carbons (Fsp3) is 0.571. The summed E-state index contributed by atoms with van der Waals surface area (Å²) < 4.78 is 0. The topological polar surface area (TPSA) is 12.0 Å². The molecule has 0 unspecified atom stereocenters. The van der Waals surface area contributed by atoms with Crippen LogP contribution in [0.5, 0.6) is 0 Å². The third-order valence-corrected chi connectivity index (χ3v) is 3.84. The van der Waals surface area contributed by atoms with E-state index >= 15 is 0 Å². The van der Waals surface area contributed by atoms with E-state index in [1.807, 2.05) is 6.92 Å². The number of halogens is 1. The van der Waals surface area contributed by atoms with E-state index in [-0.39, 0.29) is 0 Å². The van der Waals surface area contributed by atoms with E-state index in [0.29, 0.717) is 6.04 Å². The maximum Gasteiger partial charge on any atom is 0.0438 e. The summed E-state index contributed by atoms with van der Waals surface area (Å²) in [5, 5.41) is 4.50. The lowest BCUT2D eigenvalue weighted by molar-refractivity contribution is 0.372. The zero-order chi connectivity index (χ0) is 11.4. The van der Waals surface area contributed by atoms with Gasteiger partial charge in [-0.2, -0.15) is 0 Å². The van der Waals surface area contributed by atoms with Crippen molar-refractivity contribution in [2.75, 3.05) is 0 Å². The van der Waals surface area contributed by atoms with Crippen LogP contribution in [0.4, 0.5) is 0 Å². The fourth-order valence-electron chi connectivity index (χ4n) is 2.32. The third kappa shape index (κ3) is 3.23. The van der Waals surface area contributed by atoms with Gasteiger partial charge in [0, 0.05) is 17.6 Å². The first-order valence-electron chi connectivity index (χ1n) is 6.24. The van der Waals surface area contributed by atoms with Gasteiger partial charge in [0.15, 0.2) is 0 Å². The van der Waals surface area contributed by atoms with Crippen molar-refractivity contribution in [2.45, 2.75) is 51.6 Å². The molecule has 0 aliphatic heterocycles. The lowest BCUT2D eigenvalue weighted by atomic mass is 9.95. The third-order valence-electron chi connectivity index (χ3n) is 3.44. The summed E-state index contributed by atoms with van der Waals surface area (Å²) in [7, 11) is 0. The molecule has 1 saturated carbocycles. The van der Waals surface area contributed by atoms with Gasteiger partial charge in [-0.1, -0.05) is 43.0 Å². The van der Waals surface area contributed by atoms with E-state index in [0.717, 1.165) is 17.1 Å². The van der Waals surface area contributed by atoms with Crippen LogP contribution in [0.25, 0.3) is 0 Å². The summed E-state index contributed by atoms with van der Waals surface area (Å²) in [5.41, 5.74) is 2.45. The number of hydrogen-bond acceptors (Lipinski definition) is 1. The predicted molar refractivity (Wildman–Crippen MR) is 69.9 cm³/mol. The van der Waals surface area contributed by atoms with Crippen molar-refractivity contribution in [3.63, 3.8) is 0 Å². The minimum Gasteiger partial charge on any atom is -0.310 e.